The van der Waals surface area contributed by atoms with Crippen molar-refractivity contribution in [1.82, 2.24) is 9.97 Å². The van der Waals surface area contributed by atoms with Gasteiger partial charge in [-0.1, -0.05) is 30.3 Å². The monoisotopic (exact) mass is 420 g/mol. The summed E-state index contributed by atoms with van der Waals surface area (Å²) in [5.41, 5.74) is 6.27. The summed E-state index contributed by atoms with van der Waals surface area (Å²) >= 11 is 7.65. The minimum atomic E-state index is -0.781. The first-order valence-electron chi connectivity index (χ1n) is 8.80. The second-order valence-corrected chi connectivity index (χ2v) is 8.06. The van der Waals surface area contributed by atoms with Crippen molar-refractivity contribution < 1.29 is 24.1 Å². The number of aliphatic hydroxyl groups excluding tert-OH is 1. The lowest BCUT2D eigenvalue weighted by Crippen LogP contribution is -2.35. The first-order valence-corrected chi connectivity index (χ1v) is 10.2. The quantitative estimate of drug-likeness (QED) is 0.326. The van der Waals surface area contributed by atoms with Crippen LogP contribution in [-0.4, -0.2) is 64.6 Å². The van der Waals surface area contributed by atoms with Crippen molar-refractivity contribution in [2.24, 2.45) is 0 Å². The van der Waals surface area contributed by atoms with Crippen molar-refractivity contribution in [3.8, 4) is 0 Å². The maximum atomic E-state index is 9.02. The summed E-state index contributed by atoms with van der Waals surface area (Å²) in [4.78, 5) is 8.64. The molecule has 1 aromatic rings. The lowest BCUT2D eigenvalue weighted by Gasteiger charge is -2.25. The van der Waals surface area contributed by atoms with Crippen molar-refractivity contribution in [2.75, 3.05) is 30.0 Å². The molecule has 0 aliphatic carbocycles. The van der Waals surface area contributed by atoms with Crippen LogP contribution in [-0.2, 0) is 18.9 Å². The van der Waals surface area contributed by atoms with Crippen molar-refractivity contribution in [3.63, 3.8) is 0 Å². The van der Waals surface area contributed by atoms with Crippen LogP contribution in [0.15, 0.2) is 5.16 Å². The molecule has 2 aliphatic heterocycles. The van der Waals surface area contributed by atoms with E-state index in [0.717, 1.165) is 12.2 Å². The molecule has 4 N–H and O–H groups in total. The van der Waals surface area contributed by atoms with Gasteiger partial charge in [-0.3, -0.25) is 0 Å². The number of nitrogens with zero attached hydrogens (tertiary/aromatic N) is 2. The van der Waals surface area contributed by atoms with E-state index in [1.54, 1.807) is 0 Å². The number of rotatable bonds is 8. The van der Waals surface area contributed by atoms with Gasteiger partial charge in [-0.15, -0.1) is 0 Å². The summed E-state index contributed by atoms with van der Waals surface area (Å²) in [7, 11) is 0. The molecule has 0 unspecified atom stereocenters. The van der Waals surface area contributed by atoms with Crippen molar-refractivity contribution in [3.05, 3.63) is 5.15 Å². The standard InChI is InChI=1S/C16H25ClN4O5S/c1-4-7-27-15-19-11(17)8(18)12(21-15)20-13-9-10(26-16(2,3)25-9)14(24-13)23-6-5-22/h9-10,13-14,22H,4-7,18H2,1-3H3,(H,19,20,21)/t9-,10+,13-,14+/m1/s1. The highest BCUT2D eigenvalue weighted by molar-refractivity contribution is 7.99. The summed E-state index contributed by atoms with van der Waals surface area (Å²) in [6, 6.07) is 0. The molecule has 11 heteroatoms. The van der Waals surface area contributed by atoms with Crippen LogP contribution in [0.4, 0.5) is 11.5 Å². The van der Waals surface area contributed by atoms with Gasteiger partial charge in [0.25, 0.3) is 0 Å². The fraction of sp³-hybridized carbons (Fsp3) is 0.750. The number of ether oxygens (including phenoxy) is 4. The number of aromatic nitrogens is 2. The molecule has 0 saturated carbocycles. The number of aliphatic hydroxyl groups is 1. The third-order valence-corrected chi connectivity index (χ3v) is 5.32. The van der Waals surface area contributed by atoms with Gasteiger partial charge in [0.2, 0.25) is 0 Å². The zero-order chi connectivity index (χ0) is 19.6. The van der Waals surface area contributed by atoms with Crippen LogP contribution >= 0.6 is 23.4 Å². The van der Waals surface area contributed by atoms with Gasteiger partial charge in [0.15, 0.2) is 34.4 Å². The molecule has 2 fully saturated rings. The lowest BCUT2D eigenvalue weighted by molar-refractivity contribution is -0.231. The molecule has 0 amide bonds. The summed E-state index contributed by atoms with van der Waals surface area (Å²) < 4.78 is 23.3. The Labute approximate surface area is 167 Å². The molecular formula is C16H25ClN4O5S. The van der Waals surface area contributed by atoms with Crippen LogP contribution in [0.25, 0.3) is 0 Å². The van der Waals surface area contributed by atoms with E-state index >= 15 is 0 Å². The van der Waals surface area contributed by atoms with Gasteiger partial charge in [0, 0.05) is 5.75 Å². The Bertz CT molecular complexity index is 668. The third-order valence-electron chi connectivity index (χ3n) is 3.98. The molecule has 9 nitrogen and oxygen atoms in total. The van der Waals surface area contributed by atoms with E-state index in [2.05, 4.69) is 22.2 Å². The molecule has 0 aromatic carbocycles. The highest BCUT2D eigenvalue weighted by Gasteiger charge is 2.56. The summed E-state index contributed by atoms with van der Waals surface area (Å²) in [5.74, 6) is 0.456. The van der Waals surface area contributed by atoms with Crippen molar-refractivity contribution in [1.29, 1.82) is 0 Å². The van der Waals surface area contributed by atoms with Crippen molar-refractivity contribution >= 4 is 34.9 Å². The molecule has 0 spiro atoms. The number of nitrogens with one attached hydrogen (secondary N) is 1. The van der Waals surface area contributed by atoms with E-state index in [9.17, 15) is 0 Å². The molecule has 1 aromatic heterocycles. The van der Waals surface area contributed by atoms with Crippen molar-refractivity contribution in [2.45, 2.75) is 62.9 Å². The Hall–Kier alpha value is -0.880. The molecule has 152 valence electrons. The number of hydrogen-bond acceptors (Lipinski definition) is 10. The zero-order valence-corrected chi connectivity index (χ0v) is 17.0. The second-order valence-electron chi connectivity index (χ2n) is 6.64. The Balaban J connectivity index is 1.79. The average molecular weight is 421 g/mol. The Kier molecular flexibility index (Phi) is 6.67. The Morgan fingerprint density at radius 2 is 2.07 bits per heavy atom. The summed E-state index contributed by atoms with van der Waals surface area (Å²) in [6.45, 7) is 5.72. The van der Waals surface area contributed by atoms with E-state index in [4.69, 9.17) is 41.4 Å². The number of fused-ring (bicyclic) bond motifs is 1. The van der Waals surface area contributed by atoms with E-state index in [1.807, 2.05) is 13.8 Å². The largest absolute Gasteiger partial charge is 0.394 e. The van der Waals surface area contributed by atoms with Crippen LogP contribution < -0.4 is 11.1 Å². The van der Waals surface area contributed by atoms with Gasteiger partial charge in [0.1, 0.15) is 17.9 Å². The molecular weight excluding hydrogens is 396 g/mol. The first-order chi connectivity index (χ1) is 12.8. The van der Waals surface area contributed by atoms with Crippen LogP contribution in [0.5, 0.6) is 0 Å². The smallest absolute Gasteiger partial charge is 0.191 e. The SMILES string of the molecule is CCCSc1nc(Cl)c(N)c(N[C@@H]2O[C@H](OCCO)[C@H]3OC(C)(C)O[C@H]32)n1. The number of nitrogen functional groups attached to an aromatic ring is 1. The van der Waals surface area contributed by atoms with Gasteiger partial charge in [-0.2, -0.15) is 0 Å². The first kappa shape index (κ1) is 20.8. The van der Waals surface area contributed by atoms with Gasteiger partial charge < -0.3 is 35.1 Å². The highest BCUT2D eigenvalue weighted by Crippen LogP contribution is 2.40. The van der Waals surface area contributed by atoms with Gasteiger partial charge in [-0.05, 0) is 20.3 Å². The number of thioether (sulfide) groups is 1. The number of nitrogens with two attached hydrogens (primary N) is 1. The molecule has 0 bridgehead atoms. The van der Waals surface area contributed by atoms with E-state index in [1.165, 1.54) is 11.8 Å². The fourth-order valence-electron chi connectivity index (χ4n) is 2.91. The predicted octanol–water partition coefficient (Wildman–Crippen LogP) is 1.84. The molecule has 3 rings (SSSR count). The Morgan fingerprint density at radius 1 is 1.33 bits per heavy atom. The molecule has 0 radical (unpaired) electrons. The Morgan fingerprint density at radius 3 is 2.78 bits per heavy atom. The fourth-order valence-corrected chi connectivity index (χ4v) is 3.82. The maximum Gasteiger partial charge on any atom is 0.191 e. The van der Waals surface area contributed by atoms with Crippen LogP contribution in [0.1, 0.15) is 27.2 Å². The van der Waals surface area contributed by atoms with E-state index < -0.39 is 30.5 Å². The van der Waals surface area contributed by atoms with Gasteiger partial charge in [-0.25, -0.2) is 9.97 Å². The average Bonchev–Trinajstić information content (AvgIpc) is 3.09. The van der Waals surface area contributed by atoms with Crippen LogP contribution in [0, 0.1) is 0 Å². The minimum absolute atomic E-state index is 0.119. The third kappa shape index (κ3) is 4.76. The van der Waals surface area contributed by atoms with E-state index in [-0.39, 0.29) is 24.1 Å². The summed E-state index contributed by atoms with van der Waals surface area (Å²) in [6.07, 6.45) is -1.20. The van der Waals surface area contributed by atoms with Crippen LogP contribution in [0.3, 0.4) is 0 Å². The highest BCUT2D eigenvalue weighted by atomic mass is 35.5. The molecule has 4 atom stereocenters. The molecule has 27 heavy (non-hydrogen) atoms. The normalized spacial score (nSPS) is 29.1. The molecule has 3 heterocycles. The van der Waals surface area contributed by atoms with E-state index in [0.29, 0.717) is 11.0 Å². The zero-order valence-electron chi connectivity index (χ0n) is 15.5. The predicted molar refractivity (Wildman–Crippen MR) is 102 cm³/mol. The number of hydrogen-bond donors (Lipinski definition) is 3. The minimum Gasteiger partial charge on any atom is -0.394 e. The van der Waals surface area contributed by atoms with Gasteiger partial charge in [0.05, 0.1) is 13.2 Å². The van der Waals surface area contributed by atoms with Gasteiger partial charge >= 0.3 is 0 Å². The second kappa shape index (κ2) is 8.64. The number of halogens is 1. The lowest BCUT2D eigenvalue weighted by atomic mass is 10.2. The summed E-state index contributed by atoms with van der Waals surface area (Å²) in [5, 5.41) is 12.9. The topological polar surface area (TPSA) is 121 Å². The molecule has 2 aliphatic rings. The maximum absolute atomic E-state index is 9.02. The van der Waals surface area contributed by atoms with Crippen LogP contribution in [0.2, 0.25) is 5.15 Å². The molecule has 2 saturated heterocycles. The number of anilines is 2.